The average Bonchev–Trinajstić information content (AvgIpc) is 2.96. The van der Waals surface area contributed by atoms with Gasteiger partial charge in [0.15, 0.2) is 0 Å². The van der Waals surface area contributed by atoms with Crippen molar-refractivity contribution in [2.75, 3.05) is 11.9 Å². The molecule has 2 nitrogen and oxygen atoms in total. The fourth-order valence-electron chi connectivity index (χ4n) is 3.31. The molecule has 18 heavy (non-hydrogen) atoms. The molecule has 98 valence electrons. The minimum atomic E-state index is 0.604. The summed E-state index contributed by atoms with van der Waals surface area (Å²) < 4.78 is 0. The van der Waals surface area contributed by atoms with Crippen LogP contribution in [0.2, 0.25) is 0 Å². The first-order valence-corrected chi connectivity index (χ1v) is 7.43. The third-order valence-electron chi connectivity index (χ3n) is 4.30. The molecule has 0 bridgehead atoms. The molecule has 2 aliphatic rings. The van der Waals surface area contributed by atoms with Crippen LogP contribution in [0, 0.1) is 0 Å². The molecular formula is C16H24N2. The zero-order chi connectivity index (χ0) is 12.4. The molecule has 1 fully saturated rings. The molecule has 1 heterocycles. The van der Waals surface area contributed by atoms with Crippen molar-refractivity contribution in [3.8, 4) is 0 Å². The number of hydrogen-bond acceptors (Lipinski definition) is 2. The van der Waals surface area contributed by atoms with Gasteiger partial charge in [-0.1, -0.05) is 25.0 Å². The van der Waals surface area contributed by atoms with Gasteiger partial charge in [0.05, 0.1) is 0 Å². The van der Waals surface area contributed by atoms with Crippen LogP contribution >= 0.6 is 0 Å². The van der Waals surface area contributed by atoms with E-state index < -0.39 is 0 Å². The number of anilines is 1. The normalized spacial score (nSPS) is 23.1. The second-order valence-corrected chi connectivity index (χ2v) is 5.93. The molecule has 1 aliphatic carbocycles. The second-order valence-electron chi connectivity index (χ2n) is 5.93. The molecule has 0 saturated heterocycles. The van der Waals surface area contributed by atoms with Gasteiger partial charge in [0.2, 0.25) is 0 Å². The molecule has 1 atom stereocenters. The van der Waals surface area contributed by atoms with E-state index in [0.29, 0.717) is 6.04 Å². The monoisotopic (exact) mass is 244 g/mol. The Morgan fingerprint density at radius 1 is 1.28 bits per heavy atom. The molecule has 1 unspecified atom stereocenters. The summed E-state index contributed by atoms with van der Waals surface area (Å²) >= 11 is 0. The highest BCUT2D eigenvalue weighted by atomic mass is 14.9. The van der Waals surface area contributed by atoms with Crippen LogP contribution in [0.15, 0.2) is 18.2 Å². The fourth-order valence-corrected chi connectivity index (χ4v) is 3.31. The van der Waals surface area contributed by atoms with Crippen molar-refractivity contribution in [1.29, 1.82) is 0 Å². The highest BCUT2D eigenvalue weighted by Gasteiger charge is 2.17. The van der Waals surface area contributed by atoms with E-state index >= 15 is 0 Å². The van der Waals surface area contributed by atoms with Gasteiger partial charge in [-0.3, -0.25) is 0 Å². The van der Waals surface area contributed by atoms with Gasteiger partial charge >= 0.3 is 0 Å². The molecule has 1 aromatic carbocycles. The van der Waals surface area contributed by atoms with Gasteiger partial charge in [-0.25, -0.2) is 0 Å². The summed E-state index contributed by atoms with van der Waals surface area (Å²) in [5.41, 5.74) is 4.33. The Labute approximate surface area is 110 Å². The van der Waals surface area contributed by atoms with Crippen molar-refractivity contribution in [2.24, 2.45) is 0 Å². The van der Waals surface area contributed by atoms with E-state index in [1.54, 1.807) is 0 Å². The largest absolute Gasteiger partial charge is 0.382 e. The van der Waals surface area contributed by atoms with Crippen molar-refractivity contribution in [1.82, 2.24) is 5.32 Å². The maximum atomic E-state index is 3.69. The summed E-state index contributed by atoms with van der Waals surface area (Å²) in [6.07, 6.45) is 7.94. The predicted octanol–water partition coefficient (Wildman–Crippen LogP) is 3.12. The fraction of sp³-hybridized carbons (Fsp3) is 0.625. The van der Waals surface area contributed by atoms with E-state index in [4.69, 9.17) is 0 Å². The Morgan fingerprint density at radius 3 is 2.94 bits per heavy atom. The topological polar surface area (TPSA) is 24.1 Å². The molecule has 0 spiro atoms. The quantitative estimate of drug-likeness (QED) is 0.850. The van der Waals surface area contributed by atoms with Crippen molar-refractivity contribution in [2.45, 2.75) is 57.5 Å². The molecule has 3 rings (SSSR count). The Morgan fingerprint density at radius 2 is 2.11 bits per heavy atom. The van der Waals surface area contributed by atoms with Crippen LogP contribution in [0.4, 0.5) is 5.69 Å². The first-order chi connectivity index (χ1) is 8.81. The molecule has 1 aliphatic heterocycles. The van der Waals surface area contributed by atoms with E-state index in [2.05, 4.69) is 35.8 Å². The lowest BCUT2D eigenvalue weighted by molar-refractivity contribution is 0.528. The van der Waals surface area contributed by atoms with E-state index in [0.717, 1.165) is 19.0 Å². The minimum Gasteiger partial charge on any atom is -0.382 e. The van der Waals surface area contributed by atoms with Crippen molar-refractivity contribution in [3.05, 3.63) is 29.3 Å². The number of fused-ring (bicyclic) bond motifs is 1. The molecule has 2 N–H and O–H groups in total. The third-order valence-corrected chi connectivity index (χ3v) is 4.30. The zero-order valence-electron chi connectivity index (χ0n) is 11.3. The Kier molecular flexibility index (Phi) is 3.55. The minimum absolute atomic E-state index is 0.604. The second kappa shape index (κ2) is 5.31. The van der Waals surface area contributed by atoms with Crippen LogP contribution in [0.1, 0.15) is 43.7 Å². The van der Waals surface area contributed by atoms with Gasteiger partial charge in [0, 0.05) is 17.8 Å². The van der Waals surface area contributed by atoms with Gasteiger partial charge in [0.25, 0.3) is 0 Å². The summed E-state index contributed by atoms with van der Waals surface area (Å²) in [6, 6.07) is 8.32. The average molecular weight is 244 g/mol. The lowest BCUT2D eigenvalue weighted by Crippen LogP contribution is -2.27. The molecular weight excluding hydrogens is 220 g/mol. The lowest BCUT2D eigenvalue weighted by atomic mass is 10.0. The maximum absolute atomic E-state index is 3.69. The van der Waals surface area contributed by atoms with Crippen molar-refractivity contribution >= 4 is 5.69 Å². The first kappa shape index (κ1) is 12.0. The van der Waals surface area contributed by atoms with E-state index in [1.807, 2.05) is 0 Å². The molecule has 0 radical (unpaired) electrons. The van der Waals surface area contributed by atoms with Gasteiger partial charge in [0.1, 0.15) is 0 Å². The number of rotatable bonds is 4. The van der Waals surface area contributed by atoms with E-state index in [-0.39, 0.29) is 0 Å². The number of benzene rings is 1. The van der Waals surface area contributed by atoms with Gasteiger partial charge < -0.3 is 10.6 Å². The number of nitrogens with one attached hydrogen (secondary N) is 2. The summed E-state index contributed by atoms with van der Waals surface area (Å²) in [4.78, 5) is 0. The van der Waals surface area contributed by atoms with Crippen molar-refractivity contribution < 1.29 is 0 Å². The third kappa shape index (κ3) is 2.69. The zero-order valence-corrected chi connectivity index (χ0v) is 11.3. The van der Waals surface area contributed by atoms with Crippen LogP contribution in [-0.2, 0) is 12.8 Å². The van der Waals surface area contributed by atoms with Crippen molar-refractivity contribution in [3.63, 3.8) is 0 Å². The summed E-state index contributed by atoms with van der Waals surface area (Å²) in [5.74, 6) is 0. The molecule has 0 amide bonds. The summed E-state index contributed by atoms with van der Waals surface area (Å²) in [5, 5.41) is 7.20. The van der Waals surface area contributed by atoms with Gasteiger partial charge in [-0.2, -0.15) is 0 Å². The van der Waals surface area contributed by atoms with Crippen LogP contribution in [0.5, 0.6) is 0 Å². The summed E-state index contributed by atoms with van der Waals surface area (Å²) in [7, 11) is 0. The Balaban J connectivity index is 1.52. The van der Waals surface area contributed by atoms with Gasteiger partial charge in [-0.15, -0.1) is 0 Å². The predicted molar refractivity (Wildman–Crippen MR) is 77.2 cm³/mol. The highest BCUT2D eigenvalue weighted by Crippen LogP contribution is 2.26. The van der Waals surface area contributed by atoms with E-state index in [1.165, 1.54) is 48.9 Å². The molecule has 1 saturated carbocycles. The maximum Gasteiger partial charge on any atom is 0.0375 e. The van der Waals surface area contributed by atoms with Crippen LogP contribution in [0.3, 0.4) is 0 Å². The number of hydrogen-bond donors (Lipinski definition) is 2. The molecule has 2 heteroatoms. The highest BCUT2D eigenvalue weighted by molar-refractivity contribution is 5.57. The lowest BCUT2D eigenvalue weighted by Gasteiger charge is -2.12. The van der Waals surface area contributed by atoms with Gasteiger partial charge in [-0.05, 0) is 56.3 Å². The smallest absolute Gasteiger partial charge is 0.0375 e. The SMILES string of the molecule is CC1Cc2cc(CCNC3CCCC3)ccc2N1. The Bertz CT molecular complexity index is 408. The molecule has 0 aromatic heterocycles. The van der Waals surface area contributed by atoms with Crippen LogP contribution < -0.4 is 10.6 Å². The van der Waals surface area contributed by atoms with E-state index in [9.17, 15) is 0 Å². The first-order valence-electron chi connectivity index (χ1n) is 7.43. The molecule has 1 aromatic rings. The van der Waals surface area contributed by atoms with Crippen LogP contribution in [-0.4, -0.2) is 18.6 Å². The standard InChI is InChI=1S/C16H24N2/c1-12-10-14-11-13(6-7-16(14)18-12)8-9-17-15-4-2-3-5-15/h6-7,11-12,15,17-18H,2-5,8-10H2,1H3. The Hall–Kier alpha value is -1.02. The summed E-state index contributed by atoms with van der Waals surface area (Å²) in [6.45, 7) is 3.38. The van der Waals surface area contributed by atoms with Crippen LogP contribution in [0.25, 0.3) is 0 Å².